The Morgan fingerprint density at radius 1 is 0.947 bits per heavy atom. The Hall–Kier alpha value is -1.90. The number of benzene rings is 1. The highest BCUT2D eigenvalue weighted by molar-refractivity contribution is 6.07. The van der Waals surface area contributed by atoms with E-state index >= 15 is 0 Å². The summed E-state index contributed by atoms with van der Waals surface area (Å²) in [6.07, 6.45) is 1.62. The lowest BCUT2D eigenvalue weighted by molar-refractivity contribution is 0.0602. The summed E-state index contributed by atoms with van der Waals surface area (Å²) in [4.78, 5) is 16.3. The van der Waals surface area contributed by atoms with Crippen LogP contribution in [0, 0.1) is 34.6 Å². The van der Waals surface area contributed by atoms with Crippen molar-refractivity contribution in [2.24, 2.45) is 0 Å². The predicted molar refractivity (Wildman–Crippen MR) is 76.8 cm³/mol. The second-order valence-electron chi connectivity index (χ2n) is 5.00. The number of aryl methyl sites for hydroxylation is 3. The van der Waals surface area contributed by atoms with E-state index in [4.69, 9.17) is 4.74 Å². The molecule has 0 aliphatic heterocycles. The maximum Gasteiger partial charge on any atom is 0.340 e. The average molecular weight is 257 g/mol. The van der Waals surface area contributed by atoms with Gasteiger partial charge < -0.3 is 4.74 Å². The average Bonchev–Trinajstić information content (AvgIpc) is 2.41. The van der Waals surface area contributed by atoms with Gasteiger partial charge in [0.25, 0.3) is 0 Å². The zero-order chi connectivity index (χ0) is 14.3. The molecule has 1 aromatic heterocycles. The fraction of sp³-hybridized carbons (Fsp3) is 0.375. The van der Waals surface area contributed by atoms with E-state index in [1.807, 2.05) is 6.92 Å². The minimum atomic E-state index is -0.330. The van der Waals surface area contributed by atoms with Crippen LogP contribution in [0.4, 0.5) is 0 Å². The second-order valence-corrected chi connectivity index (χ2v) is 5.00. The van der Waals surface area contributed by atoms with Gasteiger partial charge in [-0.25, -0.2) is 4.79 Å². The molecule has 0 fully saturated rings. The minimum Gasteiger partial charge on any atom is -0.465 e. The molecule has 100 valence electrons. The molecule has 0 unspecified atom stereocenters. The quantitative estimate of drug-likeness (QED) is 0.733. The lowest BCUT2D eigenvalue weighted by Crippen LogP contribution is -2.07. The van der Waals surface area contributed by atoms with Crippen LogP contribution in [0.2, 0.25) is 0 Å². The van der Waals surface area contributed by atoms with Crippen molar-refractivity contribution in [2.75, 3.05) is 7.11 Å². The Labute approximate surface area is 113 Å². The Morgan fingerprint density at radius 2 is 1.47 bits per heavy atom. The van der Waals surface area contributed by atoms with Gasteiger partial charge in [0.2, 0.25) is 0 Å². The molecule has 0 aliphatic carbocycles. The largest absolute Gasteiger partial charge is 0.465 e. The molecule has 3 heteroatoms. The van der Waals surface area contributed by atoms with Crippen LogP contribution in [-0.2, 0) is 4.74 Å². The van der Waals surface area contributed by atoms with Gasteiger partial charge in [0.05, 0.1) is 12.7 Å². The highest BCUT2D eigenvalue weighted by atomic mass is 16.5. The normalized spacial score (nSPS) is 10.8. The van der Waals surface area contributed by atoms with Crippen molar-refractivity contribution in [3.05, 3.63) is 39.7 Å². The second kappa shape index (κ2) is 4.65. The van der Waals surface area contributed by atoms with E-state index in [-0.39, 0.29) is 5.97 Å². The molecule has 0 saturated carbocycles. The summed E-state index contributed by atoms with van der Waals surface area (Å²) < 4.78 is 4.87. The van der Waals surface area contributed by atoms with Gasteiger partial charge in [0, 0.05) is 22.7 Å². The maximum atomic E-state index is 11.9. The predicted octanol–water partition coefficient (Wildman–Crippen LogP) is 3.56. The molecule has 2 aromatic rings. The molecular formula is C16H19NO2. The summed E-state index contributed by atoms with van der Waals surface area (Å²) >= 11 is 0. The number of fused-ring (bicyclic) bond motifs is 1. The Bertz CT molecular complexity index is 687. The molecule has 0 radical (unpaired) electrons. The number of hydrogen-bond donors (Lipinski definition) is 0. The summed E-state index contributed by atoms with van der Waals surface area (Å²) in [5.74, 6) is -0.330. The fourth-order valence-corrected chi connectivity index (χ4v) is 2.66. The van der Waals surface area contributed by atoms with Crippen molar-refractivity contribution in [3.63, 3.8) is 0 Å². The summed E-state index contributed by atoms with van der Waals surface area (Å²) in [6, 6.07) is 0. The first-order valence-corrected chi connectivity index (χ1v) is 6.34. The monoisotopic (exact) mass is 257 g/mol. The lowest BCUT2D eigenvalue weighted by Gasteiger charge is -2.17. The molecule has 0 saturated heterocycles. The van der Waals surface area contributed by atoms with Crippen LogP contribution in [0.5, 0.6) is 0 Å². The smallest absolute Gasteiger partial charge is 0.340 e. The number of carbonyl (C=O) groups is 1. The van der Waals surface area contributed by atoms with E-state index in [1.165, 1.54) is 23.8 Å². The lowest BCUT2D eigenvalue weighted by atomic mass is 9.89. The van der Waals surface area contributed by atoms with Crippen LogP contribution in [0.1, 0.15) is 38.3 Å². The highest BCUT2D eigenvalue weighted by Crippen LogP contribution is 2.32. The van der Waals surface area contributed by atoms with Crippen LogP contribution in [0.3, 0.4) is 0 Å². The number of hydrogen-bond acceptors (Lipinski definition) is 3. The summed E-state index contributed by atoms with van der Waals surface area (Å²) in [5.41, 5.74) is 6.30. The van der Waals surface area contributed by atoms with Crippen LogP contribution in [0.25, 0.3) is 10.8 Å². The van der Waals surface area contributed by atoms with Gasteiger partial charge in [0.1, 0.15) is 0 Å². The van der Waals surface area contributed by atoms with Gasteiger partial charge in [-0.3, -0.25) is 4.98 Å². The van der Waals surface area contributed by atoms with Crippen LogP contribution in [0.15, 0.2) is 6.20 Å². The number of rotatable bonds is 1. The van der Waals surface area contributed by atoms with Crippen molar-refractivity contribution >= 4 is 16.7 Å². The zero-order valence-electron chi connectivity index (χ0n) is 12.3. The van der Waals surface area contributed by atoms with E-state index in [2.05, 4.69) is 32.7 Å². The van der Waals surface area contributed by atoms with E-state index in [1.54, 1.807) is 6.20 Å². The number of methoxy groups -OCH3 is 1. The summed E-state index contributed by atoms with van der Waals surface area (Å²) in [6.45, 7) is 10.3. The van der Waals surface area contributed by atoms with Crippen molar-refractivity contribution in [1.29, 1.82) is 0 Å². The first kappa shape index (κ1) is 13.5. The molecule has 0 N–H and O–H groups in total. The van der Waals surface area contributed by atoms with Crippen molar-refractivity contribution in [2.45, 2.75) is 34.6 Å². The maximum absolute atomic E-state index is 11.9. The summed E-state index contributed by atoms with van der Waals surface area (Å²) in [7, 11) is 1.40. The van der Waals surface area contributed by atoms with Gasteiger partial charge in [-0.15, -0.1) is 0 Å². The number of ether oxygens (including phenoxy) is 1. The number of aromatic nitrogens is 1. The van der Waals surface area contributed by atoms with Gasteiger partial charge >= 0.3 is 5.97 Å². The molecule has 1 heterocycles. The van der Waals surface area contributed by atoms with Gasteiger partial charge in [-0.2, -0.15) is 0 Å². The fourth-order valence-electron chi connectivity index (χ4n) is 2.66. The standard InChI is InChI=1S/C16H19NO2/c1-8-9(2)11(4)15-13(16(18)19-6)7-17-12(5)14(15)10(8)3/h7H,1-6H3. The SMILES string of the molecule is COC(=O)c1cnc(C)c2c(C)c(C)c(C)c(C)c12. The van der Waals surface area contributed by atoms with E-state index in [9.17, 15) is 4.79 Å². The van der Waals surface area contributed by atoms with Crippen LogP contribution in [-0.4, -0.2) is 18.1 Å². The van der Waals surface area contributed by atoms with E-state index in [0.29, 0.717) is 5.56 Å². The third-order valence-electron chi connectivity index (χ3n) is 4.11. The number of carbonyl (C=O) groups excluding carboxylic acids is 1. The van der Waals surface area contributed by atoms with Crippen molar-refractivity contribution in [3.8, 4) is 0 Å². The van der Waals surface area contributed by atoms with Crippen LogP contribution >= 0.6 is 0 Å². The number of esters is 1. The number of nitrogens with zero attached hydrogens (tertiary/aromatic N) is 1. The molecule has 0 spiro atoms. The molecule has 0 aliphatic rings. The first-order chi connectivity index (χ1) is 8.90. The third-order valence-corrected chi connectivity index (χ3v) is 4.11. The van der Waals surface area contributed by atoms with Gasteiger partial charge in [0.15, 0.2) is 0 Å². The topological polar surface area (TPSA) is 39.2 Å². The molecular weight excluding hydrogens is 238 g/mol. The van der Waals surface area contributed by atoms with E-state index in [0.717, 1.165) is 22.0 Å². The van der Waals surface area contributed by atoms with Gasteiger partial charge in [-0.05, 0) is 56.9 Å². The summed E-state index contributed by atoms with van der Waals surface area (Å²) in [5, 5.41) is 2.04. The molecule has 3 nitrogen and oxygen atoms in total. The molecule has 0 atom stereocenters. The molecule has 1 aromatic carbocycles. The van der Waals surface area contributed by atoms with Gasteiger partial charge in [-0.1, -0.05) is 0 Å². The zero-order valence-corrected chi connectivity index (χ0v) is 12.3. The Balaban J connectivity index is 3.06. The molecule has 19 heavy (non-hydrogen) atoms. The first-order valence-electron chi connectivity index (χ1n) is 6.34. The Morgan fingerprint density at radius 3 is 2.00 bits per heavy atom. The number of pyridine rings is 1. The molecule has 0 amide bonds. The molecule has 2 rings (SSSR count). The Kier molecular flexibility index (Phi) is 3.31. The third kappa shape index (κ3) is 1.89. The highest BCUT2D eigenvalue weighted by Gasteiger charge is 2.18. The van der Waals surface area contributed by atoms with Crippen molar-refractivity contribution < 1.29 is 9.53 Å². The molecule has 0 bridgehead atoms. The minimum absolute atomic E-state index is 0.330. The van der Waals surface area contributed by atoms with Crippen molar-refractivity contribution in [1.82, 2.24) is 4.98 Å². The van der Waals surface area contributed by atoms with Crippen LogP contribution < -0.4 is 0 Å². The van der Waals surface area contributed by atoms with E-state index < -0.39 is 0 Å².